The van der Waals surface area contributed by atoms with Gasteiger partial charge in [-0.15, -0.1) is 0 Å². The van der Waals surface area contributed by atoms with Gasteiger partial charge in [-0.25, -0.2) is 9.67 Å². The van der Waals surface area contributed by atoms with E-state index < -0.39 is 5.79 Å². The Morgan fingerprint density at radius 1 is 1.07 bits per heavy atom. The third-order valence-electron chi connectivity index (χ3n) is 4.23. The molecule has 6 nitrogen and oxygen atoms in total. The highest BCUT2D eigenvalue weighted by Gasteiger charge is 2.44. The van der Waals surface area contributed by atoms with Gasteiger partial charge in [0.1, 0.15) is 37.7 Å². The zero-order valence-corrected chi connectivity index (χ0v) is 15.8. The van der Waals surface area contributed by atoms with Gasteiger partial charge in [0, 0.05) is 15.6 Å². The molecule has 1 aliphatic heterocycles. The standard InChI is InChI=1S/C19H17Cl2N3O3/c20-15-3-1-14(2-4-15)19(11-24-13-22-12-23-24)26-10-18(27-19)9-25-17-7-5-16(21)6-8-17/h1-8,12-13,18H,9-11H2. The van der Waals surface area contributed by atoms with Crippen LogP contribution in [0.15, 0.2) is 61.2 Å². The van der Waals surface area contributed by atoms with Crippen molar-refractivity contribution < 1.29 is 14.2 Å². The average molecular weight is 406 g/mol. The van der Waals surface area contributed by atoms with Crippen molar-refractivity contribution in [2.75, 3.05) is 13.2 Å². The van der Waals surface area contributed by atoms with E-state index in [1.165, 1.54) is 6.33 Å². The molecule has 2 atom stereocenters. The van der Waals surface area contributed by atoms with Crippen LogP contribution in [0.3, 0.4) is 0 Å². The summed E-state index contributed by atoms with van der Waals surface area (Å²) in [7, 11) is 0. The number of benzene rings is 2. The van der Waals surface area contributed by atoms with E-state index in [1.807, 2.05) is 36.4 Å². The molecule has 2 heterocycles. The number of rotatable bonds is 6. The molecule has 0 bridgehead atoms. The molecule has 4 rings (SSSR count). The highest BCUT2D eigenvalue weighted by atomic mass is 35.5. The zero-order valence-electron chi connectivity index (χ0n) is 14.3. The first-order valence-corrected chi connectivity index (χ1v) is 9.17. The highest BCUT2D eigenvalue weighted by Crippen LogP contribution is 2.36. The first-order valence-electron chi connectivity index (χ1n) is 8.42. The minimum atomic E-state index is -0.980. The van der Waals surface area contributed by atoms with E-state index in [0.717, 1.165) is 11.3 Å². The Kier molecular flexibility index (Phi) is 5.31. The van der Waals surface area contributed by atoms with Crippen molar-refractivity contribution in [2.24, 2.45) is 0 Å². The third-order valence-corrected chi connectivity index (χ3v) is 4.73. The number of halogens is 2. The summed E-state index contributed by atoms with van der Waals surface area (Å²) in [5.41, 5.74) is 0.858. The number of hydrogen-bond acceptors (Lipinski definition) is 5. The second-order valence-electron chi connectivity index (χ2n) is 6.17. The van der Waals surface area contributed by atoms with Gasteiger partial charge in [-0.3, -0.25) is 0 Å². The average Bonchev–Trinajstić information content (AvgIpc) is 3.33. The van der Waals surface area contributed by atoms with Crippen LogP contribution in [-0.2, 0) is 21.8 Å². The van der Waals surface area contributed by atoms with Crippen LogP contribution in [0.5, 0.6) is 5.75 Å². The van der Waals surface area contributed by atoms with Gasteiger partial charge in [0.2, 0.25) is 5.79 Å². The molecule has 2 aromatic carbocycles. The van der Waals surface area contributed by atoms with E-state index in [0.29, 0.717) is 29.8 Å². The van der Waals surface area contributed by atoms with Gasteiger partial charge in [0.15, 0.2) is 0 Å². The molecule has 8 heteroatoms. The predicted octanol–water partition coefficient (Wildman–Crippen LogP) is 3.93. The molecule has 27 heavy (non-hydrogen) atoms. The molecule has 0 N–H and O–H groups in total. The fraction of sp³-hybridized carbons (Fsp3) is 0.263. The molecule has 0 spiro atoms. The molecule has 1 aliphatic rings. The second-order valence-corrected chi connectivity index (χ2v) is 7.04. The number of aromatic nitrogens is 3. The van der Waals surface area contributed by atoms with Gasteiger partial charge in [-0.2, -0.15) is 5.10 Å². The van der Waals surface area contributed by atoms with E-state index in [-0.39, 0.29) is 6.10 Å². The second kappa shape index (κ2) is 7.86. The molecule has 1 fully saturated rings. The summed E-state index contributed by atoms with van der Waals surface area (Å²) in [5, 5.41) is 5.48. The lowest BCUT2D eigenvalue weighted by atomic mass is 10.1. The van der Waals surface area contributed by atoms with Crippen molar-refractivity contribution in [3.05, 3.63) is 76.8 Å². The number of ether oxygens (including phenoxy) is 3. The van der Waals surface area contributed by atoms with Crippen molar-refractivity contribution in [3.63, 3.8) is 0 Å². The molecule has 0 amide bonds. The van der Waals surface area contributed by atoms with Crippen LogP contribution >= 0.6 is 23.2 Å². The maximum atomic E-state index is 6.29. The van der Waals surface area contributed by atoms with Crippen LogP contribution in [0.1, 0.15) is 5.56 Å². The number of nitrogens with zero attached hydrogens (tertiary/aromatic N) is 3. The maximum absolute atomic E-state index is 6.29. The molecule has 0 radical (unpaired) electrons. The van der Waals surface area contributed by atoms with Crippen molar-refractivity contribution >= 4 is 23.2 Å². The molecule has 1 saturated heterocycles. The summed E-state index contributed by atoms with van der Waals surface area (Å²) in [6.45, 7) is 1.12. The summed E-state index contributed by atoms with van der Waals surface area (Å²) in [6, 6.07) is 14.6. The van der Waals surface area contributed by atoms with E-state index >= 15 is 0 Å². The summed E-state index contributed by atoms with van der Waals surface area (Å²) in [6.07, 6.45) is 2.87. The van der Waals surface area contributed by atoms with Crippen molar-refractivity contribution in [3.8, 4) is 5.75 Å². The van der Waals surface area contributed by atoms with Crippen LogP contribution < -0.4 is 4.74 Å². The first kappa shape index (κ1) is 18.3. The van der Waals surface area contributed by atoms with E-state index in [9.17, 15) is 0 Å². The minimum Gasteiger partial charge on any atom is -0.491 e. The lowest BCUT2D eigenvalue weighted by Crippen LogP contribution is -2.34. The van der Waals surface area contributed by atoms with Gasteiger partial charge in [0.25, 0.3) is 0 Å². The summed E-state index contributed by atoms with van der Waals surface area (Å²) in [4.78, 5) is 3.99. The van der Waals surface area contributed by atoms with Crippen LogP contribution in [0.25, 0.3) is 0 Å². The fourth-order valence-corrected chi connectivity index (χ4v) is 3.18. The maximum Gasteiger partial charge on any atom is 0.215 e. The highest BCUT2D eigenvalue weighted by molar-refractivity contribution is 6.30. The van der Waals surface area contributed by atoms with E-state index in [4.69, 9.17) is 37.4 Å². The quantitative estimate of drug-likeness (QED) is 0.621. The van der Waals surface area contributed by atoms with Gasteiger partial charge in [0.05, 0.1) is 6.61 Å². The van der Waals surface area contributed by atoms with Crippen molar-refractivity contribution in [1.29, 1.82) is 0 Å². The van der Waals surface area contributed by atoms with Crippen LogP contribution in [0, 0.1) is 0 Å². The number of hydrogen-bond donors (Lipinski definition) is 0. The Hall–Kier alpha value is -2.12. The molecule has 2 unspecified atom stereocenters. The van der Waals surface area contributed by atoms with Gasteiger partial charge in [-0.1, -0.05) is 35.3 Å². The van der Waals surface area contributed by atoms with Gasteiger partial charge < -0.3 is 14.2 Å². The molecule has 140 valence electrons. The Bertz CT molecular complexity index is 872. The monoisotopic (exact) mass is 405 g/mol. The Morgan fingerprint density at radius 2 is 1.78 bits per heavy atom. The largest absolute Gasteiger partial charge is 0.491 e. The van der Waals surface area contributed by atoms with Gasteiger partial charge in [-0.05, 0) is 36.4 Å². The lowest BCUT2D eigenvalue weighted by Gasteiger charge is -2.28. The Labute approximate surface area is 166 Å². The lowest BCUT2D eigenvalue weighted by molar-refractivity contribution is -0.190. The summed E-state index contributed by atoms with van der Waals surface area (Å²) in [5.74, 6) is -0.255. The molecular weight excluding hydrogens is 389 g/mol. The SMILES string of the molecule is Clc1ccc(OCC2COC(Cn3cncn3)(c3ccc(Cl)cc3)O2)cc1. The molecular formula is C19H17Cl2N3O3. The summed E-state index contributed by atoms with van der Waals surface area (Å²) >= 11 is 11.9. The zero-order chi connectivity index (χ0) is 18.7. The molecule has 3 aromatic rings. The molecule has 0 saturated carbocycles. The third kappa shape index (κ3) is 4.25. The molecule has 0 aliphatic carbocycles. The van der Waals surface area contributed by atoms with Crippen LogP contribution in [0.4, 0.5) is 0 Å². The smallest absolute Gasteiger partial charge is 0.215 e. The minimum absolute atomic E-state index is 0.236. The predicted molar refractivity (Wildman–Crippen MR) is 101 cm³/mol. The van der Waals surface area contributed by atoms with E-state index in [1.54, 1.807) is 23.1 Å². The molecule has 1 aromatic heterocycles. The van der Waals surface area contributed by atoms with Crippen LogP contribution in [0.2, 0.25) is 10.0 Å². The van der Waals surface area contributed by atoms with Gasteiger partial charge >= 0.3 is 0 Å². The normalized spacial score (nSPS) is 22.1. The summed E-state index contributed by atoms with van der Waals surface area (Å²) < 4.78 is 19.9. The van der Waals surface area contributed by atoms with Crippen molar-refractivity contribution in [2.45, 2.75) is 18.4 Å². The Morgan fingerprint density at radius 3 is 2.44 bits per heavy atom. The van der Waals surface area contributed by atoms with Crippen molar-refractivity contribution in [1.82, 2.24) is 14.8 Å². The Balaban J connectivity index is 1.50. The first-order chi connectivity index (χ1) is 13.1. The fourth-order valence-electron chi connectivity index (χ4n) is 2.92. The van der Waals surface area contributed by atoms with E-state index in [2.05, 4.69) is 10.1 Å². The van der Waals surface area contributed by atoms with Crippen LogP contribution in [-0.4, -0.2) is 34.1 Å². The topological polar surface area (TPSA) is 58.4 Å².